The number of esters is 1. The number of aromatic nitrogens is 2. The molecule has 1 aromatic heterocycles. The minimum atomic E-state index is -0.526. The number of nitrogens with zero attached hydrogens (tertiary/aromatic N) is 2. The molecule has 1 aliphatic carbocycles. The Balaban J connectivity index is 2.11. The molecule has 1 saturated carbocycles. The molecule has 1 aliphatic rings. The average molecular weight is 251 g/mol. The molecule has 0 bridgehead atoms. The van der Waals surface area contributed by atoms with Gasteiger partial charge in [0, 0.05) is 12.4 Å². The summed E-state index contributed by atoms with van der Waals surface area (Å²) >= 11 is 0. The fourth-order valence-corrected chi connectivity index (χ4v) is 2.77. The first-order valence-corrected chi connectivity index (χ1v) is 6.63. The van der Waals surface area contributed by atoms with Gasteiger partial charge in [0.05, 0.1) is 12.6 Å². The van der Waals surface area contributed by atoms with Crippen molar-refractivity contribution in [2.45, 2.75) is 44.7 Å². The van der Waals surface area contributed by atoms with E-state index in [-0.39, 0.29) is 12.0 Å². The average Bonchev–Trinajstić information content (AvgIpc) is 2.98. The number of hydrogen-bond acceptors (Lipinski definition) is 4. The van der Waals surface area contributed by atoms with Crippen LogP contribution in [0.3, 0.4) is 0 Å². The molecule has 0 amide bonds. The first-order valence-electron chi connectivity index (χ1n) is 6.63. The Hall–Kier alpha value is -1.36. The number of carbonyl (C=O) groups excluding carboxylic acids is 1. The third kappa shape index (κ3) is 2.41. The SMILES string of the molecule is CCNC1(C(=O)OCC)CCC(n2cccn2)C1. The lowest BCUT2D eigenvalue weighted by molar-refractivity contribution is -0.151. The second-order valence-electron chi connectivity index (χ2n) is 4.72. The molecule has 2 rings (SSSR count). The molecule has 100 valence electrons. The maximum absolute atomic E-state index is 12.2. The van der Waals surface area contributed by atoms with Crippen LogP contribution < -0.4 is 5.32 Å². The van der Waals surface area contributed by atoms with E-state index in [2.05, 4.69) is 10.4 Å². The van der Waals surface area contributed by atoms with Crippen molar-refractivity contribution in [1.29, 1.82) is 0 Å². The minimum absolute atomic E-state index is 0.124. The van der Waals surface area contributed by atoms with Crippen molar-refractivity contribution in [2.75, 3.05) is 13.2 Å². The molecular weight excluding hydrogens is 230 g/mol. The second kappa shape index (κ2) is 5.52. The van der Waals surface area contributed by atoms with Crippen LogP contribution in [0.1, 0.15) is 39.2 Å². The zero-order chi connectivity index (χ0) is 13.0. The van der Waals surface area contributed by atoms with Crippen molar-refractivity contribution in [3.8, 4) is 0 Å². The van der Waals surface area contributed by atoms with Gasteiger partial charge in [0.15, 0.2) is 0 Å². The molecule has 2 unspecified atom stereocenters. The number of nitrogens with one attached hydrogen (secondary N) is 1. The molecule has 2 atom stereocenters. The lowest BCUT2D eigenvalue weighted by atomic mass is 9.97. The first-order chi connectivity index (χ1) is 8.72. The van der Waals surface area contributed by atoms with Crippen molar-refractivity contribution in [2.24, 2.45) is 0 Å². The highest BCUT2D eigenvalue weighted by Crippen LogP contribution is 2.38. The summed E-state index contributed by atoms with van der Waals surface area (Å²) in [6.07, 6.45) is 6.24. The highest BCUT2D eigenvalue weighted by molar-refractivity contribution is 5.81. The van der Waals surface area contributed by atoms with Gasteiger partial charge in [-0.15, -0.1) is 0 Å². The van der Waals surface area contributed by atoms with Gasteiger partial charge in [-0.3, -0.25) is 9.48 Å². The van der Waals surface area contributed by atoms with Gasteiger partial charge in [0.25, 0.3) is 0 Å². The van der Waals surface area contributed by atoms with Crippen molar-refractivity contribution in [3.05, 3.63) is 18.5 Å². The molecule has 0 radical (unpaired) electrons. The molecule has 0 spiro atoms. The lowest BCUT2D eigenvalue weighted by Gasteiger charge is -2.27. The number of hydrogen-bond donors (Lipinski definition) is 1. The van der Waals surface area contributed by atoms with E-state index in [9.17, 15) is 4.79 Å². The van der Waals surface area contributed by atoms with Crippen LogP contribution in [-0.4, -0.2) is 34.4 Å². The number of ether oxygens (including phenoxy) is 1. The van der Waals surface area contributed by atoms with Crippen molar-refractivity contribution in [1.82, 2.24) is 15.1 Å². The molecular formula is C13H21N3O2. The Labute approximate surface area is 108 Å². The topological polar surface area (TPSA) is 56.1 Å². The van der Waals surface area contributed by atoms with Crippen LogP contribution in [0.25, 0.3) is 0 Å². The van der Waals surface area contributed by atoms with E-state index in [0.29, 0.717) is 6.61 Å². The minimum Gasteiger partial charge on any atom is -0.465 e. The van der Waals surface area contributed by atoms with Gasteiger partial charge in [0.2, 0.25) is 0 Å². The molecule has 1 heterocycles. The van der Waals surface area contributed by atoms with E-state index >= 15 is 0 Å². The van der Waals surface area contributed by atoms with Crippen molar-refractivity contribution in [3.63, 3.8) is 0 Å². The molecule has 0 saturated heterocycles. The van der Waals surface area contributed by atoms with Crippen LogP contribution in [0.15, 0.2) is 18.5 Å². The molecule has 18 heavy (non-hydrogen) atoms. The predicted octanol–water partition coefficient (Wildman–Crippen LogP) is 1.52. The van der Waals surface area contributed by atoms with E-state index in [4.69, 9.17) is 4.74 Å². The van der Waals surface area contributed by atoms with E-state index in [0.717, 1.165) is 25.8 Å². The van der Waals surface area contributed by atoms with E-state index in [1.54, 1.807) is 6.20 Å². The Bertz CT molecular complexity index is 391. The third-order valence-electron chi connectivity index (χ3n) is 3.57. The second-order valence-corrected chi connectivity index (χ2v) is 4.72. The Morgan fingerprint density at radius 2 is 2.44 bits per heavy atom. The summed E-state index contributed by atoms with van der Waals surface area (Å²) in [6, 6.07) is 2.20. The molecule has 5 heteroatoms. The summed E-state index contributed by atoms with van der Waals surface area (Å²) < 4.78 is 7.16. The quantitative estimate of drug-likeness (QED) is 0.806. The fraction of sp³-hybridized carbons (Fsp3) is 0.692. The third-order valence-corrected chi connectivity index (χ3v) is 3.57. The van der Waals surface area contributed by atoms with E-state index in [1.807, 2.05) is 30.8 Å². The van der Waals surface area contributed by atoms with Gasteiger partial charge < -0.3 is 10.1 Å². The van der Waals surface area contributed by atoms with Gasteiger partial charge in [-0.25, -0.2) is 0 Å². The van der Waals surface area contributed by atoms with Gasteiger partial charge in [-0.05, 0) is 38.8 Å². The van der Waals surface area contributed by atoms with Crippen LogP contribution in [-0.2, 0) is 9.53 Å². The number of likely N-dealkylation sites (N-methyl/N-ethyl adjacent to an activating group) is 1. The molecule has 1 fully saturated rings. The molecule has 0 aromatic carbocycles. The Morgan fingerprint density at radius 3 is 3.06 bits per heavy atom. The summed E-state index contributed by atoms with van der Waals surface area (Å²) in [6.45, 7) is 5.06. The van der Waals surface area contributed by atoms with Crippen LogP contribution >= 0.6 is 0 Å². The number of carbonyl (C=O) groups is 1. The normalized spacial score (nSPS) is 27.3. The molecule has 1 N–H and O–H groups in total. The zero-order valence-electron chi connectivity index (χ0n) is 11.1. The van der Waals surface area contributed by atoms with Gasteiger partial charge >= 0.3 is 5.97 Å². The lowest BCUT2D eigenvalue weighted by Crippen LogP contribution is -2.51. The van der Waals surface area contributed by atoms with Crippen LogP contribution in [0.2, 0.25) is 0 Å². The van der Waals surface area contributed by atoms with Gasteiger partial charge in [-0.1, -0.05) is 6.92 Å². The smallest absolute Gasteiger partial charge is 0.326 e. The van der Waals surface area contributed by atoms with Crippen molar-refractivity contribution < 1.29 is 9.53 Å². The molecule has 1 aromatic rings. The zero-order valence-corrected chi connectivity index (χ0v) is 11.1. The highest BCUT2D eigenvalue weighted by atomic mass is 16.5. The predicted molar refractivity (Wildman–Crippen MR) is 68.2 cm³/mol. The Morgan fingerprint density at radius 1 is 1.61 bits per heavy atom. The van der Waals surface area contributed by atoms with E-state index < -0.39 is 5.54 Å². The maximum atomic E-state index is 12.2. The summed E-state index contributed by atoms with van der Waals surface area (Å²) in [5.41, 5.74) is -0.526. The summed E-state index contributed by atoms with van der Waals surface area (Å²) in [5, 5.41) is 7.58. The highest BCUT2D eigenvalue weighted by Gasteiger charge is 2.46. The fourth-order valence-electron chi connectivity index (χ4n) is 2.77. The Kier molecular flexibility index (Phi) is 4.01. The summed E-state index contributed by atoms with van der Waals surface area (Å²) in [5.74, 6) is -0.124. The summed E-state index contributed by atoms with van der Waals surface area (Å²) in [4.78, 5) is 12.2. The molecule has 0 aliphatic heterocycles. The van der Waals surface area contributed by atoms with Crippen molar-refractivity contribution >= 4 is 5.97 Å². The first kappa shape index (κ1) is 13.1. The monoisotopic (exact) mass is 251 g/mol. The maximum Gasteiger partial charge on any atom is 0.326 e. The molecule has 5 nitrogen and oxygen atoms in total. The van der Waals surface area contributed by atoms with Gasteiger partial charge in [0.1, 0.15) is 5.54 Å². The standard InChI is InChI=1S/C13H21N3O2/c1-3-14-13(12(17)18-4-2)7-6-11(10-13)16-9-5-8-15-16/h5,8-9,11,14H,3-4,6-7,10H2,1-2H3. The van der Waals surface area contributed by atoms with E-state index in [1.165, 1.54) is 0 Å². The van der Waals surface area contributed by atoms with Gasteiger partial charge in [-0.2, -0.15) is 5.10 Å². The van der Waals surface area contributed by atoms with Crippen LogP contribution in [0.4, 0.5) is 0 Å². The number of rotatable bonds is 5. The van der Waals surface area contributed by atoms with Crippen LogP contribution in [0, 0.1) is 0 Å². The van der Waals surface area contributed by atoms with Crippen LogP contribution in [0.5, 0.6) is 0 Å². The largest absolute Gasteiger partial charge is 0.465 e. The summed E-state index contributed by atoms with van der Waals surface area (Å²) in [7, 11) is 0.